The zero-order chi connectivity index (χ0) is 14.5. The van der Waals surface area contributed by atoms with Crippen molar-refractivity contribution in [2.75, 3.05) is 0 Å². The summed E-state index contributed by atoms with van der Waals surface area (Å²) >= 11 is 0. The molecule has 12 heteroatoms. The summed E-state index contributed by atoms with van der Waals surface area (Å²) in [6, 6.07) is 0. The van der Waals surface area contributed by atoms with Gasteiger partial charge in [0.15, 0.2) is 0 Å². The minimum Gasteiger partial charge on any atom is 0 e. The maximum atomic E-state index is 9.75. The molecule has 0 aliphatic carbocycles. The molecule has 17 heavy (non-hydrogen) atoms. The third-order valence-electron chi connectivity index (χ3n) is 0. The van der Waals surface area contributed by atoms with E-state index in [1.807, 2.05) is 0 Å². The van der Waals surface area contributed by atoms with E-state index >= 15 is 0 Å². The van der Waals surface area contributed by atoms with Crippen LogP contribution in [0.2, 0.25) is 0 Å². The normalized spacial score (nSPS) is 4.12. The van der Waals surface area contributed by atoms with Gasteiger partial charge in [0.2, 0.25) is 0 Å². The van der Waals surface area contributed by atoms with Gasteiger partial charge in [0.05, 0.1) is 0 Å². The molecule has 1 radical (unpaired) electrons. The molecular formula is C5H2BF4O5ReS-. The molecule has 5 nitrogen and oxygen atoms in total. The SMILES string of the molecule is F[B-](F)(F)F.S.[C-]#[O+].[C-]#[O+].[C-]#[O+].[C-]#[O+].[C-]#[O+].[Re]. The molecule has 0 aliphatic rings. The number of halogens is 4. The van der Waals surface area contributed by atoms with E-state index in [2.05, 4.69) is 33.3 Å². The average Bonchev–Trinajstić information content (AvgIpc) is 2.29. The van der Waals surface area contributed by atoms with E-state index in [4.69, 9.17) is 23.3 Å². The molecule has 0 aromatic carbocycles. The Morgan fingerprint density at radius 1 is 0.529 bits per heavy atom. The Hall–Kier alpha value is -0.503. The topological polar surface area (TPSA) is 99.5 Å². The van der Waals surface area contributed by atoms with Crippen LogP contribution in [0.5, 0.6) is 0 Å². The largest absolute Gasteiger partial charge is 0 e. The van der Waals surface area contributed by atoms with Crippen molar-refractivity contribution in [2.45, 2.75) is 0 Å². The number of rotatable bonds is 0. The van der Waals surface area contributed by atoms with Crippen molar-refractivity contribution in [1.82, 2.24) is 0 Å². The molecule has 0 N–H and O–H groups in total. The smallest absolute Gasteiger partial charge is 0 e. The molecule has 97 valence electrons. The van der Waals surface area contributed by atoms with Crippen molar-refractivity contribution in [2.24, 2.45) is 0 Å². The van der Waals surface area contributed by atoms with Crippen molar-refractivity contribution in [3.63, 3.8) is 0 Å². The van der Waals surface area contributed by atoms with E-state index < -0.39 is 7.25 Å². The Morgan fingerprint density at radius 2 is 0.529 bits per heavy atom. The molecule has 0 aliphatic heterocycles. The zero-order valence-electron chi connectivity index (χ0n) is 7.51. The summed E-state index contributed by atoms with van der Waals surface area (Å²) in [4.78, 5) is 0. The summed E-state index contributed by atoms with van der Waals surface area (Å²) < 4.78 is 76.5. The fourth-order valence-electron chi connectivity index (χ4n) is 0. The molecule has 0 aromatic rings. The maximum absolute atomic E-state index is 9.75. The summed E-state index contributed by atoms with van der Waals surface area (Å²) in [5.41, 5.74) is 0. The van der Waals surface area contributed by atoms with E-state index in [0.29, 0.717) is 0 Å². The first-order valence-electron chi connectivity index (χ1n) is 1.89. The standard InChI is InChI=1S/5CO.BF4.Re.H2S/c5*1-2;2-1(3,4)5;;/h;;;;;;;1H2/q;;;;;-1;;. The van der Waals surface area contributed by atoms with E-state index in [9.17, 15) is 17.3 Å². The van der Waals surface area contributed by atoms with Gasteiger partial charge in [0, 0.05) is 20.4 Å². The van der Waals surface area contributed by atoms with Gasteiger partial charge in [0.25, 0.3) is 0 Å². The third kappa shape index (κ3) is 11200. The van der Waals surface area contributed by atoms with Crippen molar-refractivity contribution in [3.8, 4) is 0 Å². The third-order valence-corrected chi connectivity index (χ3v) is 0. The zero-order valence-corrected chi connectivity index (χ0v) is 11.2. The Bertz CT molecular complexity index is 149. The second-order valence-corrected chi connectivity index (χ2v) is 0.495. The van der Waals surface area contributed by atoms with Crippen molar-refractivity contribution >= 4 is 20.8 Å². The number of hydrogen-bond acceptors (Lipinski definition) is 0. The van der Waals surface area contributed by atoms with Gasteiger partial charge in [-0.2, -0.15) is 13.5 Å². The van der Waals surface area contributed by atoms with Gasteiger partial charge in [0.1, 0.15) is 0 Å². The van der Waals surface area contributed by atoms with Crippen molar-refractivity contribution in [3.05, 3.63) is 33.3 Å². The maximum Gasteiger partial charge on any atom is 0 e. The van der Waals surface area contributed by atoms with Crippen LogP contribution in [0.3, 0.4) is 0 Å². The van der Waals surface area contributed by atoms with Crippen LogP contribution in [-0.4, -0.2) is 7.25 Å². The second kappa shape index (κ2) is 108. The molecule has 0 fully saturated rings. The Morgan fingerprint density at radius 3 is 0.529 bits per heavy atom. The summed E-state index contributed by atoms with van der Waals surface area (Å²) in [5, 5.41) is 0. The van der Waals surface area contributed by atoms with Crippen LogP contribution in [0.1, 0.15) is 0 Å². The van der Waals surface area contributed by atoms with Gasteiger partial charge in [-0.05, 0) is 0 Å². The van der Waals surface area contributed by atoms with Crippen LogP contribution in [0, 0.1) is 33.3 Å². The molecule has 0 saturated heterocycles. The predicted octanol–water partition coefficient (Wildman–Crippen LogP) is 1.22. The fourth-order valence-corrected chi connectivity index (χ4v) is 0. The van der Waals surface area contributed by atoms with Gasteiger partial charge in [-0.1, -0.05) is 0 Å². The monoisotopic (exact) mass is 448 g/mol. The Balaban J connectivity index is -0.00000001000. The van der Waals surface area contributed by atoms with Gasteiger partial charge in [-0.3, -0.25) is 0 Å². The van der Waals surface area contributed by atoms with Crippen LogP contribution in [0.25, 0.3) is 0 Å². The minimum absolute atomic E-state index is 0. The fraction of sp³-hybridized carbons (Fsp3) is 0. The molecule has 0 aromatic heterocycles. The first-order chi connectivity index (χ1) is 7.00. The van der Waals surface area contributed by atoms with Crippen LogP contribution in [0.15, 0.2) is 0 Å². The first kappa shape index (κ1) is 54.9. The molecule has 0 unspecified atom stereocenters. The molecular weight excluding hydrogens is 445 g/mol. The second-order valence-electron chi connectivity index (χ2n) is 0.495. The molecule has 0 amide bonds. The van der Waals surface area contributed by atoms with E-state index in [1.165, 1.54) is 0 Å². The van der Waals surface area contributed by atoms with E-state index in [1.54, 1.807) is 0 Å². The molecule has 0 spiro atoms. The van der Waals surface area contributed by atoms with Crippen LogP contribution in [-0.2, 0) is 43.7 Å². The Kier molecular flexibility index (Phi) is 348. The van der Waals surface area contributed by atoms with Crippen LogP contribution >= 0.6 is 13.5 Å². The Labute approximate surface area is 115 Å². The molecule has 0 atom stereocenters. The van der Waals surface area contributed by atoms with Crippen molar-refractivity contribution in [1.29, 1.82) is 0 Å². The van der Waals surface area contributed by atoms with Crippen molar-refractivity contribution < 1.29 is 60.9 Å². The van der Waals surface area contributed by atoms with Crippen LogP contribution < -0.4 is 0 Å². The van der Waals surface area contributed by atoms with E-state index in [0.717, 1.165) is 0 Å². The number of hydrogen-bond donors (Lipinski definition) is 0. The molecule has 0 heterocycles. The minimum atomic E-state index is -6.00. The molecule has 0 bridgehead atoms. The summed E-state index contributed by atoms with van der Waals surface area (Å²) in [7, 11) is -6.00. The summed E-state index contributed by atoms with van der Waals surface area (Å²) in [6.45, 7) is 22.5. The van der Waals surface area contributed by atoms with Gasteiger partial charge >= 0.3 is 63.8 Å². The van der Waals surface area contributed by atoms with Gasteiger partial charge in [-0.25, -0.2) is 0 Å². The van der Waals surface area contributed by atoms with Gasteiger partial charge in [-0.15, -0.1) is 0 Å². The summed E-state index contributed by atoms with van der Waals surface area (Å²) in [6.07, 6.45) is 0. The van der Waals surface area contributed by atoms with Crippen LogP contribution in [0.4, 0.5) is 17.3 Å². The van der Waals surface area contributed by atoms with Gasteiger partial charge < -0.3 is 17.3 Å². The molecule has 0 saturated carbocycles. The summed E-state index contributed by atoms with van der Waals surface area (Å²) in [5.74, 6) is 0. The quantitative estimate of drug-likeness (QED) is 0.231. The average molecular weight is 447 g/mol. The predicted molar refractivity (Wildman–Crippen MR) is 40.2 cm³/mol. The molecule has 0 rings (SSSR count). The first-order valence-corrected chi connectivity index (χ1v) is 1.89. The van der Waals surface area contributed by atoms with E-state index in [-0.39, 0.29) is 33.9 Å².